The summed E-state index contributed by atoms with van der Waals surface area (Å²) in [5, 5.41) is 15.0. The molecule has 1 aromatic heterocycles. The van der Waals surface area contributed by atoms with Gasteiger partial charge in [0.2, 0.25) is 0 Å². The lowest BCUT2D eigenvalue weighted by atomic mass is 10.1. The standard InChI is InChI=1S/C14H16N4O3/c1-9(2)7-17-14(15)12(8-19)13(16-17)10-3-5-11(6-4-10)18(20)21/h3-6,8-9H,7,15H2,1-2H3. The molecule has 0 bridgehead atoms. The predicted octanol–water partition coefficient (Wildman–Crippen LogP) is 2.51. The number of hydrogen-bond donors (Lipinski definition) is 1. The van der Waals surface area contributed by atoms with Crippen molar-refractivity contribution in [2.24, 2.45) is 5.92 Å². The van der Waals surface area contributed by atoms with Gasteiger partial charge in [0.25, 0.3) is 5.69 Å². The van der Waals surface area contributed by atoms with Crippen LogP contribution in [0.25, 0.3) is 11.3 Å². The van der Waals surface area contributed by atoms with Crippen LogP contribution in [0.3, 0.4) is 0 Å². The number of carbonyl (C=O) groups is 1. The average molecular weight is 288 g/mol. The van der Waals surface area contributed by atoms with Crippen molar-refractivity contribution in [2.45, 2.75) is 20.4 Å². The second kappa shape index (κ2) is 5.74. The molecule has 2 aromatic rings. The van der Waals surface area contributed by atoms with Crippen LogP contribution < -0.4 is 5.73 Å². The van der Waals surface area contributed by atoms with Gasteiger partial charge in [-0.25, -0.2) is 4.68 Å². The average Bonchev–Trinajstić information content (AvgIpc) is 2.75. The largest absolute Gasteiger partial charge is 0.383 e. The van der Waals surface area contributed by atoms with Gasteiger partial charge in [-0.3, -0.25) is 14.9 Å². The Morgan fingerprint density at radius 3 is 2.48 bits per heavy atom. The summed E-state index contributed by atoms with van der Waals surface area (Å²) in [5.41, 5.74) is 7.30. The molecule has 21 heavy (non-hydrogen) atoms. The van der Waals surface area contributed by atoms with Gasteiger partial charge in [-0.15, -0.1) is 0 Å². The van der Waals surface area contributed by atoms with Gasteiger partial charge in [-0.1, -0.05) is 13.8 Å². The Bertz CT molecular complexity index is 674. The molecular weight excluding hydrogens is 272 g/mol. The molecule has 0 saturated heterocycles. The number of benzene rings is 1. The number of hydrogen-bond acceptors (Lipinski definition) is 5. The summed E-state index contributed by atoms with van der Waals surface area (Å²) in [6, 6.07) is 5.88. The number of aromatic nitrogens is 2. The first-order chi connectivity index (χ1) is 9.93. The Morgan fingerprint density at radius 2 is 2.00 bits per heavy atom. The van der Waals surface area contributed by atoms with Crippen LogP contribution in [0, 0.1) is 16.0 Å². The zero-order valence-corrected chi connectivity index (χ0v) is 11.8. The van der Waals surface area contributed by atoms with E-state index < -0.39 is 4.92 Å². The molecule has 0 spiro atoms. The van der Waals surface area contributed by atoms with Crippen molar-refractivity contribution in [3.05, 3.63) is 39.9 Å². The number of nitrogens with zero attached hydrogens (tertiary/aromatic N) is 3. The normalized spacial score (nSPS) is 10.8. The van der Waals surface area contributed by atoms with Crippen molar-refractivity contribution in [1.29, 1.82) is 0 Å². The predicted molar refractivity (Wildman–Crippen MR) is 79.0 cm³/mol. The molecule has 2 N–H and O–H groups in total. The number of rotatable bonds is 5. The van der Waals surface area contributed by atoms with Crippen molar-refractivity contribution in [3.63, 3.8) is 0 Å². The summed E-state index contributed by atoms with van der Waals surface area (Å²) in [4.78, 5) is 21.4. The lowest BCUT2D eigenvalue weighted by Gasteiger charge is -2.06. The van der Waals surface area contributed by atoms with E-state index in [4.69, 9.17) is 5.73 Å². The Kier molecular flexibility index (Phi) is 4.02. The summed E-state index contributed by atoms with van der Waals surface area (Å²) in [7, 11) is 0. The van der Waals surface area contributed by atoms with Gasteiger partial charge in [-0.2, -0.15) is 5.10 Å². The molecule has 0 aliphatic rings. The number of non-ortho nitro benzene ring substituents is 1. The van der Waals surface area contributed by atoms with Gasteiger partial charge >= 0.3 is 0 Å². The fourth-order valence-corrected chi connectivity index (χ4v) is 2.04. The molecule has 0 unspecified atom stereocenters. The first-order valence-electron chi connectivity index (χ1n) is 6.50. The smallest absolute Gasteiger partial charge is 0.269 e. The zero-order chi connectivity index (χ0) is 15.6. The molecule has 7 heteroatoms. The lowest BCUT2D eigenvalue weighted by molar-refractivity contribution is -0.384. The Balaban J connectivity index is 2.47. The Labute approximate surface area is 121 Å². The van der Waals surface area contributed by atoms with E-state index in [0.717, 1.165) is 0 Å². The number of anilines is 1. The first kappa shape index (κ1) is 14.7. The zero-order valence-electron chi connectivity index (χ0n) is 11.8. The Morgan fingerprint density at radius 1 is 1.38 bits per heavy atom. The number of aldehydes is 1. The van der Waals surface area contributed by atoms with Crippen molar-refractivity contribution in [3.8, 4) is 11.3 Å². The molecule has 0 atom stereocenters. The Hall–Kier alpha value is -2.70. The summed E-state index contributed by atoms with van der Waals surface area (Å²) in [5.74, 6) is 0.642. The van der Waals surface area contributed by atoms with E-state index in [9.17, 15) is 14.9 Å². The van der Waals surface area contributed by atoms with Gasteiger partial charge in [0.05, 0.1) is 10.5 Å². The van der Waals surface area contributed by atoms with Crippen LogP contribution in [-0.2, 0) is 6.54 Å². The first-order valence-corrected chi connectivity index (χ1v) is 6.50. The van der Waals surface area contributed by atoms with Crippen LogP contribution in [0.4, 0.5) is 11.5 Å². The monoisotopic (exact) mass is 288 g/mol. The minimum absolute atomic E-state index is 0.0130. The van der Waals surface area contributed by atoms with E-state index in [-0.39, 0.29) is 5.69 Å². The quantitative estimate of drug-likeness (QED) is 0.517. The summed E-state index contributed by atoms with van der Waals surface area (Å²) in [6.07, 6.45) is 0.663. The minimum Gasteiger partial charge on any atom is -0.383 e. The van der Waals surface area contributed by atoms with E-state index >= 15 is 0 Å². The molecule has 0 fully saturated rings. The molecule has 0 saturated carbocycles. The van der Waals surface area contributed by atoms with E-state index in [1.54, 1.807) is 16.8 Å². The lowest BCUT2D eigenvalue weighted by Crippen LogP contribution is -2.09. The van der Waals surface area contributed by atoms with E-state index in [0.29, 0.717) is 41.4 Å². The number of carbonyl (C=O) groups excluding carboxylic acids is 1. The molecule has 0 radical (unpaired) electrons. The van der Waals surface area contributed by atoms with E-state index in [2.05, 4.69) is 5.10 Å². The molecule has 0 amide bonds. The summed E-state index contributed by atoms with van der Waals surface area (Å²) in [6.45, 7) is 4.64. The number of nitro benzene ring substituents is 1. The topological polar surface area (TPSA) is 104 Å². The molecule has 2 rings (SSSR count). The second-order valence-corrected chi connectivity index (χ2v) is 5.15. The van der Waals surface area contributed by atoms with Gasteiger partial charge < -0.3 is 5.73 Å². The van der Waals surface area contributed by atoms with Crippen molar-refractivity contribution < 1.29 is 9.72 Å². The van der Waals surface area contributed by atoms with E-state index in [1.165, 1.54) is 12.1 Å². The maximum absolute atomic E-state index is 11.3. The number of nitrogen functional groups attached to an aromatic ring is 1. The third-order valence-electron chi connectivity index (χ3n) is 3.04. The second-order valence-electron chi connectivity index (χ2n) is 5.15. The number of nitrogens with two attached hydrogens (primary N) is 1. The van der Waals surface area contributed by atoms with Gasteiger partial charge in [-0.05, 0) is 18.1 Å². The van der Waals surface area contributed by atoms with Crippen molar-refractivity contribution in [1.82, 2.24) is 9.78 Å². The minimum atomic E-state index is -0.476. The highest BCUT2D eigenvalue weighted by Crippen LogP contribution is 2.27. The van der Waals surface area contributed by atoms with Crippen LogP contribution in [0.15, 0.2) is 24.3 Å². The van der Waals surface area contributed by atoms with Gasteiger partial charge in [0, 0.05) is 24.2 Å². The van der Waals surface area contributed by atoms with Crippen LogP contribution >= 0.6 is 0 Å². The molecule has 1 aromatic carbocycles. The maximum atomic E-state index is 11.3. The highest BCUT2D eigenvalue weighted by Gasteiger charge is 2.17. The fraction of sp³-hybridized carbons (Fsp3) is 0.286. The molecule has 0 aliphatic heterocycles. The van der Waals surface area contributed by atoms with Crippen LogP contribution in [0.2, 0.25) is 0 Å². The SMILES string of the molecule is CC(C)Cn1nc(-c2ccc([N+](=O)[O-])cc2)c(C=O)c1N. The molecule has 1 heterocycles. The van der Waals surface area contributed by atoms with Gasteiger partial charge in [0.1, 0.15) is 11.5 Å². The number of nitro groups is 1. The van der Waals surface area contributed by atoms with Gasteiger partial charge in [0.15, 0.2) is 6.29 Å². The molecular formula is C14H16N4O3. The molecule has 0 aliphatic carbocycles. The summed E-state index contributed by atoms with van der Waals surface area (Å²) < 4.78 is 1.59. The molecule has 7 nitrogen and oxygen atoms in total. The van der Waals surface area contributed by atoms with Crippen LogP contribution in [0.1, 0.15) is 24.2 Å². The van der Waals surface area contributed by atoms with Crippen molar-refractivity contribution >= 4 is 17.8 Å². The van der Waals surface area contributed by atoms with E-state index in [1.807, 2.05) is 13.8 Å². The molecule has 110 valence electrons. The fourth-order valence-electron chi connectivity index (χ4n) is 2.04. The third-order valence-corrected chi connectivity index (χ3v) is 3.04. The highest BCUT2D eigenvalue weighted by molar-refractivity contribution is 5.91. The highest BCUT2D eigenvalue weighted by atomic mass is 16.6. The van der Waals surface area contributed by atoms with Crippen molar-refractivity contribution in [2.75, 3.05) is 5.73 Å². The third kappa shape index (κ3) is 2.91. The van der Waals surface area contributed by atoms with Crippen LogP contribution in [0.5, 0.6) is 0 Å². The maximum Gasteiger partial charge on any atom is 0.269 e. The van der Waals surface area contributed by atoms with Crippen LogP contribution in [-0.4, -0.2) is 21.0 Å². The summed E-state index contributed by atoms with van der Waals surface area (Å²) >= 11 is 0.